The van der Waals surface area contributed by atoms with Crippen molar-refractivity contribution in [2.75, 3.05) is 24.5 Å². The standard InChI is InChI=1S/C14H21N3O/c1-2-14(18)17(13-5-3-4-8-16-13)11-12-6-9-15-10-7-12/h3-5,8,12,15H,2,6-7,9-11H2,1H3. The van der Waals surface area contributed by atoms with Crippen molar-refractivity contribution in [3.8, 4) is 0 Å². The van der Waals surface area contributed by atoms with Gasteiger partial charge in [0.05, 0.1) is 0 Å². The number of hydrogen-bond acceptors (Lipinski definition) is 3. The van der Waals surface area contributed by atoms with E-state index in [1.165, 1.54) is 0 Å². The van der Waals surface area contributed by atoms with Crippen LogP contribution in [0, 0.1) is 5.92 Å². The van der Waals surface area contributed by atoms with E-state index in [0.29, 0.717) is 12.3 Å². The molecule has 4 heteroatoms. The van der Waals surface area contributed by atoms with Crippen LogP contribution >= 0.6 is 0 Å². The van der Waals surface area contributed by atoms with Crippen LogP contribution in [0.1, 0.15) is 26.2 Å². The summed E-state index contributed by atoms with van der Waals surface area (Å²) < 4.78 is 0. The zero-order valence-electron chi connectivity index (χ0n) is 10.9. The lowest BCUT2D eigenvalue weighted by Crippen LogP contribution is -2.39. The molecule has 1 saturated heterocycles. The molecule has 0 saturated carbocycles. The van der Waals surface area contributed by atoms with Crippen molar-refractivity contribution in [1.82, 2.24) is 10.3 Å². The third-order valence-corrected chi connectivity index (χ3v) is 3.43. The Kier molecular flexibility index (Phi) is 4.70. The summed E-state index contributed by atoms with van der Waals surface area (Å²) in [5.41, 5.74) is 0. The number of carbonyl (C=O) groups excluding carboxylic acids is 1. The van der Waals surface area contributed by atoms with Gasteiger partial charge in [0.15, 0.2) is 0 Å². The van der Waals surface area contributed by atoms with Crippen molar-refractivity contribution in [3.63, 3.8) is 0 Å². The molecule has 0 radical (unpaired) electrons. The van der Waals surface area contributed by atoms with Crippen LogP contribution in [0.5, 0.6) is 0 Å². The molecule has 0 aliphatic carbocycles. The van der Waals surface area contributed by atoms with E-state index in [2.05, 4.69) is 10.3 Å². The number of rotatable bonds is 4. The molecular weight excluding hydrogens is 226 g/mol. The number of anilines is 1. The number of carbonyl (C=O) groups is 1. The molecule has 98 valence electrons. The summed E-state index contributed by atoms with van der Waals surface area (Å²) in [6.45, 7) is 4.81. The highest BCUT2D eigenvalue weighted by Crippen LogP contribution is 2.18. The first-order valence-electron chi connectivity index (χ1n) is 6.73. The second-order valence-corrected chi connectivity index (χ2v) is 4.74. The highest BCUT2D eigenvalue weighted by molar-refractivity contribution is 5.92. The number of nitrogens with one attached hydrogen (secondary N) is 1. The van der Waals surface area contributed by atoms with Crippen LogP contribution in [0.4, 0.5) is 5.82 Å². The van der Waals surface area contributed by atoms with Crippen molar-refractivity contribution >= 4 is 11.7 Å². The number of amides is 1. The Morgan fingerprint density at radius 3 is 2.83 bits per heavy atom. The zero-order chi connectivity index (χ0) is 12.8. The van der Waals surface area contributed by atoms with Gasteiger partial charge in [-0.2, -0.15) is 0 Å². The van der Waals surface area contributed by atoms with Gasteiger partial charge in [-0.25, -0.2) is 4.98 Å². The molecule has 0 unspecified atom stereocenters. The van der Waals surface area contributed by atoms with Gasteiger partial charge in [0.1, 0.15) is 5.82 Å². The third kappa shape index (κ3) is 3.29. The van der Waals surface area contributed by atoms with E-state index < -0.39 is 0 Å². The number of nitrogens with zero attached hydrogens (tertiary/aromatic N) is 2. The first kappa shape index (κ1) is 13.0. The number of aromatic nitrogens is 1. The van der Waals surface area contributed by atoms with Gasteiger partial charge in [-0.1, -0.05) is 13.0 Å². The highest BCUT2D eigenvalue weighted by Gasteiger charge is 2.21. The van der Waals surface area contributed by atoms with Crippen molar-refractivity contribution in [2.24, 2.45) is 5.92 Å². The van der Waals surface area contributed by atoms with Gasteiger partial charge in [-0.05, 0) is 44.0 Å². The van der Waals surface area contributed by atoms with Crippen molar-refractivity contribution in [2.45, 2.75) is 26.2 Å². The Labute approximate surface area is 108 Å². The van der Waals surface area contributed by atoms with Crippen molar-refractivity contribution in [3.05, 3.63) is 24.4 Å². The Morgan fingerprint density at radius 2 is 2.22 bits per heavy atom. The molecule has 2 rings (SSSR count). The lowest BCUT2D eigenvalue weighted by Gasteiger charge is -2.29. The molecule has 2 heterocycles. The van der Waals surface area contributed by atoms with Crippen LogP contribution in [-0.4, -0.2) is 30.5 Å². The predicted octanol–water partition coefficient (Wildman–Crippen LogP) is 1.82. The van der Waals surface area contributed by atoms with Gasteiger partial charge in [0.2, 0.25) is 5.91 Å². The van der Waals surface area contributed by atoms with Crippen LogP contribution in [0.2, 0.25) is 0 Å². The maximum absolute atomic E-state index is 12.1. The van der Waals surface area contributed by atoms with Gasteiger partial charge in [0.25, 0.3) is 0 Å². The molecule has 4 nitrogen and oxygen atoms in total. The summed E-state index contributed by atoms with van der Waals surface area (Å²) in [6, 6.07) is 5.72. The summed E-state index contributed by atoms with van der Waals surface area (Å²) >= 11 is 0. The second kappa shape index (κ2) is 6.50. The van der Waals surface area contributed by atoms with Gasteiger partial charge in [-0.15, -0.1) is 0 Å². The fourth-order valence-corrected chi connectivity index (χ4v) is 2.35. The number of piperidine rings is 1. The van der Waals surface area contributed by atoms with Crippen LogP contribution < -0.4 is 10.2 Å². The first-order chi connectivity index (χ1) is 8.81. The maximum atomic E-state index is 12.1. The van der Waals surface area contributed by atoms with E-state index >= 15 is 0 Å². The monoisotopic (exact) mass is 247 g/mol. The smallest absolute Gasteiger partial charge is 0.227 e. The Hall–Kier alpha value is -1.42. The van der Waals surface area contributed by atoms with Gasteiger partial charge < -0.3 is 5.32 Å². The molecule has 1 aromatic heterocycles. The summed E-state index contributed by atoms with van der Waals surface area (Å²) in [5.74, 6) is 1.53. The average Bonchev–Trinajstić information content (AvgIpc) is 2.46. The third-order valence-electron chi connectivity index (χ3n) is 3.43. The number of hydrogen-bond donors (Lipinski definition) is 1. The van der Waals surface area contributed by atoms with Crippen LogP contribution in [0.25, 0.3) is 0 Å². The zero-order valence-corrected chi connectivity index (χ0v) is 10.9. The molecule has 1 aliphatic heterocycles. The fraction of sp³-hybridized carbons (Fsp3) is 0.571. The summed E-state index contributed by atoms with van der Waals surface area (Å²) in [7, 11) is 0. The fourth-order valence-electron chi connectivity index (χ4n) is 2.35. The Morgan fingerprint density at radius 1 is 1.44 bits per heavy atom. The van der Waals surface area contributed by atoms with Crippen molar-refractivity contribution in [1.29, 1.82) is 0 Å². The minimum atomic E-state index is 0.159. The molecule has 1 fully saturated rings. The van der Waals surface area contributed by atoms with Gasteiger partial charge in [0, 0.05) is 19.2 Å². The van der Waals surface area contributed by atoms with E-state index in [1.54, 1.807) is 6.20 Å². The Bertz CT molecular complexity index is 374. The molecule has 1 aliphatic rings. The molecule has 0 aromatic carbocycles. The van der Waals surface area contributed by atoms with E-state index in [9.17, 15) is 4.79 Å². The minimum Gasteiger partial charge on any atom is -0.317 e. The SMILES string of the molecule is CCC(=O)N(CC1CCNCC1)c1ccccn1. The summed E-state index contributed by atoms with van der Waals surface area (Å²) in [4.78, 5) is 18.2. The summed E-state index contributed by atoms with van der Waals surface area (Å²) in [6.07, 6.45) is 4.55. The minimum absolute atomic E-state index is 0.159. The van der Waals surface area contributed by atoms with Gasteiger partial charge >= 0.3 is 0 Å². The van der Waals surface area contributed by atoms with Crippen LogP contribution in [0.3, 0.4) is 0 Å². The molecule has 0 spiro atoms. The predicted molar refractivity (Wildman–Crippen MR) is 72.5 cm³/mol. The normalized spacial score (nSPS) is 16.5. The summed E-state index contributed by atoms with van der Waals surface area (Å²) in [5, 5.41) is 3.35. The average molecular weight is 247 g/mol. The molecule has 1 N–H and O–H groups in total. The quantitative estimate of drug-likeness (QED) is 0.882. The maximum Gasteiger partial charge on any atom is 0.227 e. The Balaban J connectivity index is 2.07. The second-order valence-electron chi connectivity index (χ2n) is 4.74. The van der Waals surface area contributed by atoms with Crippen LogP contribution in [-0.2, 0) is 4.79 Å². The topological polar surface area (TPSA) is 45.2 Å². The number of pyridine rings is 1. The lowest BCUT2D eigenvalue weighted by atomic mass is 9.97. The van der Waals surface area contributed by atoms with E-state index in [0.717, 1.165) is 38.3 Å². The molecule has 0 bridgehead atoms. The van der Waals surface area contributed by atoms with Crippen molar-refractivity contribution < 1.29 is 4.79 Å². The molecule has 1 aromatic rings. The van der Waals surface area contributed by atoms with Crippen LogP contribution in [0.15, 0.2) is 24.4 Å². The molecular formula is C14H21N3O. The van der Waals surface area contributed by atoms with E-state index in [4.69, 9.17) is 0 Å². The molecule has 1 amide bonds. The largest absolute Gasteiger partial charge is 0.317 e. The lowest BCUT2D eigenvalue weighted by molar-refractivity contribution is -0.118. The van der Waals surface area contributed by atoms with Gasteiger partial charge in [-0.3, -0.25) is 9.69 Å². The first-order valence-corrected chi connectivity index (χ1v) is 6.73. The molecule has 18 heavy (non-hydrogen) atoms. The van der Waals surface area contributed by atoms with E-state index in [1.807, 2.05) is 30.0 Å². The highest BCUT2D eigenvalue weighted by atomic mass is 16.2. The molecule has 0 atom stereocenters. The van der Waals surface area contributed by atoms with E-state index in [-0.39, 0.29) is 5.91 Å².